The largest absolute Gasteiger partial charge is 0.287 e. The van der Waals surface area contributed by atoms with E-state index in [0.29, 0.717) is 22.3 Å². The molecule has 30 heavy (non-hydrogen) atoms. The van der Waals surface area contributed by atoms with Gasteiger partial charge in [0.25, 0.3) is 5.91 Å². The van der Waals surface area contributed by atoms with Crippen LogP contribution < -0.4 is 4.90 Å². The molecule has 0 atom stereocenters. The van der Waals surface area contributed by atoms with Gasteiger partial charge in [0, 0.05) is 16.3 Å². The lowest BCUT2D eigenvalue weighted by atomic mass is 10.1. The standard InChI is InChI=1S/C25H17ClN2OS/c26-23-22-19-11-5-4-10-18(19)13-14-20(22)30-24(23)25(29)28(21-12-6-7-15-27-21)16-17-8-2-1-3-9-17/h1-15H,16H2. The van der Waals surface area contributed by atoms with Gasteiger partial charge in [0.2, 0.25) is 0 Å². The summed E-state index contributed by atoms with van der Waals surface area (Å²) in [5.74, 6) is 0.456. The molecule has 2 aromatic heterocycles. The highest BCUT2D eigenvalue weighted by Crippen LogP contribution is 2.40. The van der Waals surface area contributed by atoms with Crippen molar-refractivity contribution < 1.29 is 4.79 Å². The molecule has 5 heteroatoms. The second kappa shape index (κ2) is 7.90. The summed E-state index contributed by atoms with van der Waals surface area (Å²) in [4.78, 5) is 20.3. The number of hydrogen-bond donors (Lipinski definition) is 0. The Morgan fingerprint density at radius 1 is 0.900 bits per heavy atom. The van der Waals surface area contributed by atoms with Gasteiger partial charge in [0.15, 0.2) is 0 Å². The Hall–Kier alpha value is -3.21. The fraction of sp³-hybridized carbons (Fsp3) is 0.0400. The summed E-state index contributed by atoms with van der Waals surface area (Å²) in [6.45, 7) is 0.419. The lowest BCUT2D eigenvalue weighted by molar-refractivity contribution is 0.0988. The molecule has 0 fully saturated rings. The minimum Gasteiger partial charge on any atom is -0.287 e. The van der Waals surface area contributed by atoms with E-state index in [1.807, 2.05) is 72.8 Å². The van der Waals surface area contributed by atoms with Crippen LogP contribution in [0, 0.1) is 0 Å². The summed E-state index contributed by atoms with van der Waals surface area (Å²) in [6, 6.07) is 27.7. The van der Waals surface area contributed by atoms with Crippen molar-refractivity contribution in [3.05, 3.63) is 107 Å². The zero-order valence-electron chi connectivity index (χ0n) is 16.0. The number of anilines is 1. The van der Waals surface area contributed by atoms with Crippen LogP contribution >= 0.6 is 22.9 Å². The number of pyridine rings is 1. The molecule has 1 amide bonds. The number of rotatable bonds is 4. The molecule has 0 aliphatic carbocycles. The average Bonchev–Trinajstić information content (AvgIpc) is 3.15. The van der Waals surface area contributed by atoms with E-state index >= 15 is 0 Å². The third kappa shape index (κ3) is 3.34. The number of nitrogens with zero attached hydrogens (tertiary/aromatic N) is 2. The lowest BCUT2D eigenvalue weighted by Gasteiger charge is -2.21. The smallest absolute Gasteiger partial charge is 0.271 e. The number of thiophene rings is 1. The second-order valence-electron chi connectivity index (χ2n) is 6.97. The molecule has 0 aliphatic rings. The molecule has 146 valence electrons. The van der Waals surface area contributed by atoms with E-state index < -0.39 is 0 Å². The molecule has 5 rings (SSSR count). The van der Waals surface area contributed by atoms with Crippen LogP contribution in [0.3, 0.4) is 0 Å². The summed E-state index contributed by atoms with van der Waals surface area (Å²) in [5.41, 5.74) is 1.03. The summed E-state index contributed by atoms with van der Waals surface area (Å²) in [6.07, 6.45) is 1.70. The second-order valence-corrected chi connectivity index (χ2v) is 8.40. The SMILES string of the molecule is O=C(c1sc2ccc3ccccc3c2c1Cl)N(Cc1ccccc1)c1ccccn1. The maximum Gasteiger partial charge on any atom is 0.271 e. The van der Waals surface area contributed by atoms with Gasteiger partial charge in [-0.3, -0.25) is 9.69 Å². The Morgan fingerprint density at radius 2 is 1.67 bits per heavy atom. The maximum atomic E-state index is 13.7. The highest BCUT2D eigenvalue weighted by atomic mass is 35.5. The van der Waals surface area contributed by atoms with Crippen LogP contribution in [-0.4, -0.2) is 10.9 Å². The van der Waals surface area contributed by atoms with Crippen molar-refractivity contribution in [1.82, 2.24) is 4.98 Å². The number of benzene rings is 3. The summed E-state index contributed by atoms with van der Waals surface area (Å²) in [5, 5.41) is 3.60. The van der Waals surface area contributed by atoms with E-state index in [-0.39, 0.29) is 5.91 Å². The van der Waals surface area contributed by atoms with Crippen LogP contribution in [0.4, 0.5) is 5.82 Å². The fourth-order valence-corrected chi connectivity index (χ4v) is 5.14. The molecule has 0 bridgehead atoms. The van der Waals surface area contributed by atoms with Crippen molar-refractivity contribution >= 4 is 55.5 Å². The van der Waals surface area contributed by atoms with E-state index in [9.17, 15) is 4.79 Å². The number of amides is 1. The summed E-state index contributed by atoms with van der Waals surface area (Å²) < 4.78 is 1.00. The summed E-state index contributed by atoms with van der Waals surface area (Å²) in [7, 11) is 0. The highest BCUT2D eigenvalue weighted by molar-refractivity contribution is 7.22. The van der Waals surface area contributed by atoms with Gasteiger partial charge < -0.3 is 0 Å². The summed E-state index contributed by atoms with van der Waals surface area (Å²) >= 11 is 8.24. The van der Waals surface area contributed by atoms with Crippen LogP contribution in [0.15, 0.2) is 91.1 Å². The number of aromatic nitrogens is 1. The molecule has 0 saturated heterocycles. The van der Waals surface area contributed by atoms with Gasteiger partial charge in [-0.15, -0.1) is 11.3 Å². The molecule has 0 N–H and O–H groups in total. The molecular formula is C25H17ClN2OS. The van der Waals surface area contributed by atoms with E-state index in [0.717, 1.165) is 26.4 Å². The van der Waals surface area contributed by atoms with Crippen molar-refractivity contribution in [2.45, 2.75) is 6.54 Å². The molecule has 3 nitrogen and oxygen atoms in total. The molecule has 2 heterocycles. The quantitative estimate of drug-likeness (QED) is 0.310. The minimum absolute atomic E-state index is 0.146. The Labute approximate surface area is 183 Å². The number of halogens is 1. The van der Waals surface area contributed by atoms with Crippen molar-refractivity contribution in [1.29, 1.82) is 0 Å². The topological polar surface area (TPSA) is 33.2 Å². The van der Waals surface area contributed by atoms with Gasteiger partial charge in [0.05, 0.1) is 11.6 Å². The molecular weight excluding hydrogens is 412 g/mol. The first-order valence-corrected chi connectivity index (χ1v) is 10.8. The molecule has 3 aromatic carbocycles. The van der Waals surface area contributed by atoms with Crippen molar-refractivity contribution in [3.8, 4) is 0 Å². The number of carbonyl (C=O) groups excluding carboxylic acids is 1. The Kier molecular flexibility index (Phi) is 4.95. The monoisotopic (exact) mass is 428 g/mol. The third-order valence-electron chi connectivity index (χ3n) is 5.07. The van der Waals surface area contributed by atoms with Gasteiger partial charge in [-0.25, -0.2) is 4.98 Å². The molecule has 0 radical (unpaired) electrons. The van der Waals surface area contributed by atoms with Crippen LogP contribution in [0.2, 0.25) is 5.02 Å². The maximum absolute atomic E-state index is 13.7. The first-order valence-electron chi connectivity index (χ1n) is 9.59. The van der Waals surface area contributed by atoms with Crippen molar-refractivity contribution in [3.63, 3.8) is 0 Å². The zero-order valence-corrected chi connectivity index (χ0v) is 17.5. The Balaban J connectivity index is 1.63. The first-order chi connectivity index (χ1) is 14.7. The molecule has 0 saturated carbocycles. The Bertz CT molecular complexity index is 1350. The average molecular weight is 429 g/mol. The predicted molar refractivity (Wildman–Crippen MR) is 126 cm³/mol. The number of fused-ring (bicyclic) bond motifs is 3. The molecule has 0 spiro atoms. The predicted octanol–water partition coefficient (Wildman–Crippen LogP) is 6.95. The van der Waals surface area contributed by atoms with Gasteiger partial charge in [-0.1, -0.05) is 78.3 Å². The molecule has 0 aliphatic heterocycles. The first kappa shape index (κ1) is 18.8. The van der Waals surface area contributed by atoms with Gasteiger partial charge in [-0.05, 0) is 34.5 Å². The fourth-order valence-electron chi connectivity index (χ4n) is 3.63. The van der Waals surface area contributed by atoms with Gasteiger partial charge in [-0.2, -0.15) is 0 Å². The van der Waals surface area contributed by atoms with Crippen molar-refractivity contribution in [2.75, 3.05) is 4.90 Å². The van der Waals surface area contributed by atoms with Crippen LogP contribution in [-0.2, 0) is 6.54 Å². The highest BCUT2D eigenvalue weighted by Gasteiger charge is 2.25. The lowest BCUT2D eigenvalue weighted by Crippen LogP contribution is -2.30. The molecule has 0 unspecified atom stereocenters. The van der Waals surface area contributed by atoms with E-state index in [1.54, 1.807) is 11.1 Å². The van der Waals surface area contributed by atoms with Crippen LogP contribution in [0.5, 0.6) is 0 Å². The van der Waals surface area contributed by atoms with E-state index in [1.165, 1.54) is 11.3 Å². The van der Waals surface area contributed by atoms with E-state index in [4.69, 9.17) is 11.6 Å². The van der Waals surface area contributed by atoms with Gasteiger partial charge in [0.1, 0.15) is 10.7 Å². The normalized spacial score (nSPS) is 11.1. The van der Waals surface area contributed by atoms with Crippen molar-refractivity contribution in [2.24, 2.45) is 0 Å². The van der Waals surface area contributed by atoms with Gasteiger partial charge >= 0.3 is 0 Å². The third-order valence-corrected chi connectivity index (χ3v) is 6.70. The van der Waals surface area contributed by atoms with E-state index in [2.05, 4.69) is 17.1 Å². The number of carbonyl (C=O) groups is 1. The number of hydrogen-bond acceptors (Lipinski definition) is 3. The van der Waals surface area contributed by atoms with Crippen LogP contribution in [0.25, 0.3) is 20.9 Å². The Morgan fingerprint density at radius 3 is 2.47 bits per heavy atom. The minimum atomic E-state index is -0.146. The zero-order chi connectivity index (χ0) is 20.5. The molecule has 5 aromatic rings. The van der Waals surface area contributed by atoms with Crippen LogP contribution in [0.1, 0.15) is 15.2 Å².